The topological polar surface area (TPSA) is 58.2 Å². The number of benzene rings is 2. The second-order valence-electron chi connectivity index (χ2n) is 7.28. The summed E-state index contributed by atoms with van der Waals surface area (Å²) in [5.41, 5.74) is 5.06. The van der Waals surface area contributed by atoms with E-state index >= 15 is 0 Å². The van der Waals surface area contributed by atoms with Crippen LogP contribution in [-0.4, -0.2) is 22.8 Å². The van der Waals surface area contributed by atoms with E-state index in [1.807, 2.05) is 27.7 Å². The molecule has 2 N–H and O–H groups in total. The summed E-state index contributed by atoms with van der Waals surface area (Å²) in [4.78, 5) is 24.4. The minimum Gasteiger partial charge on any atom is -0.351 e. The summed E-state index contributed by atoms with van der Waals surface area (Å²) in [6.07, 6.45) is 1.12. The van der Waals surface area contributed by atoms with Crippen molar-refractivity contribution in [2.45, 2.75) is 52.3 Å². The summed E-state index contributed by atoms with van der Waals surface area (Å²) in [5.74, 6) is 0.370. The molecule has 2 aromatic carbocycles. The highest BCUT2D eigenvalue weighted by molar-refractivity contribution is 8.00. The molecule has 2 aromatic rings. The molecule has 6 heteroatoms. The Morgan fingerprint density at radius 2 is 1.69 bits per heavy atom. The number of hydrogen-bond donors (Lipinski definition) is 2. The van der Waals surface area contributed by atoms with Gasteiger partial charge in [-0.25, -0.2) is 4.39 Å². The van der Waals surface area contributed by atoms with Gasteiger partial charge in [0.2, 0.25) is 11.8 Å². The average Bonchev–Trinajstić information content (AvgIpc) is 2.67. The van der Waals surface area contributed by atoms with Gasteiger partial charge < -0.3 is 10.6 Å². The van der Waals surface area contributed by atoms with E-state index in [0.29, 0.717) is 19.4 Å². The first kappa shape index (κ1) is 22.9. The molecule has 0 aliphatic carbocycles. The fourth-order valence-corrected chi connectivity index (χ4v) is 3.98. The molecule has 2 rings (SSSR count). The van der Waals surface area contributed by atoms with E-state index in [1.165, 1.54) is 29.5 Å². The molecule has 1 atom stereocenters. The van der Waals surface area contributed by atoms with Crippen LogP contribution < -0.4 is 10.6 Å². The zero-order valence-corrected chi connectivity index (χ0v) is 18.3. The predicted molar refractivity (Wildman–Crippen MR) is 119 cm³/mol. The largest absolute Gasteiger partial charge is 0.351 e. The lowest BCUT2D eigenvalue weighted by Gasteiger charge is -2.14. The first-order chi connectivity index (χ1) is 13.8. The Bertz CT molecular complexity index is 829. The monoisotopic (exact) mass is 416 g/mol. The van der Waals surface area contributed by atoms with Crippen LogP contribution in [0.2, 0.25) is 0 Å². The fraction of sp³-hybridized carbons (Fsp3) is 0.391. The van der Waals surface area contributed by atoms with Gasteiger partial charge in [0, 0.05) is 18.7 Å². The minimum atomic E-state index is -0.291. The summed E-state index contributed by atoms with van der Waals surface area (Å²) in [5, 5.41) is 5.65. The van der Waals surface area contributed by atoms with Gasteiger partial charge in [-0.1, -0.05) is 29.8 Å². The molecule has 0 aromatic heterocycles. The fourth-order valence-electron chi connectivity index (χ4n) is 3.08. The van der Waals surface area contributed by atoms with Crippen molar-refractivity contribution in [3.8, 4) is 0 Å². The average molecular weight is 417 g/mol. The number of anilines is 1. The quantitative estimate of drug-likeness (QED) is 0.571. The number of halogens is 1. The molecule has 0 saturated carbocycles. The SMILES string of the molecule is Cc1cc(C)c(NC(=O)CCCSC(C)C(=O)NCc2ccc(F)cc2)c(C)c1. The van der Waals surface area contributed by atoms with Gasteiger partial charge in [-0.3, -0.25) is 9.59 Å². The molecule has 0 saturated heterocycles. The van der Waals surface area contributed by atoms with Gasteiger partial charge in [0.15, 0.2) is 0 Å². The number of carbonyl (C=O) groups excluding carboxylic acids is 2. The van der Waals surface area contributed by atoms with Crippen LogP contribution in [0, 0.1) is 26.6 Å². The van der Waals surface area contributed by atoms with Crippen LogP contribution in [0.4, 0.5) is 10.1 Å². The zero-order valence-electron chi connectivity index (χ0n) is 17.5. The molecule has 0 radical (unpaired) electrons. The summed E-state index contributed by atoms with van der Waals surface area (Å²) in [6.45, 7) is 8.26. The van der Waals surface area contributed by atoms with Crippen LogP contribution in [0.25, 0.3) is 0 Å². The summed E-state index contributed by atoms with van der Waals surface area (Å²) >= 11 is 1.53. The van der Waals surface area contributed by atoms with Crippen molar-refractivity contribution in [1.82, 2.24) is 5.32 Å². The predicted octanol–water partition coefficient (Wildman–Crippen LogP) is 4.91. The summed E-state index contributed by atoms with van der Waals surface area (Å²) < 4.78 is 12.9. The van der Waals surface area contributed by atoms with E-state index in [9.17, 15) is 14.0 Å². The normalized spacial score (nSPS) is 11.8. The maximum Gasteiger partial charge on any atom is 0.233 e. The molecule has 1 unspecified atom stereocenters. The van der Waals surface area contributed by atoms with Crippen molar-refractivity contribution < 1.29 is 14.0 Å². The second-order valence-corrected chi connectivity index (χ2v) is 8.73. The molecule has 0 aliphatic heterocycles. The second kappa shape index (κ2) is 11.0. The molecule has 156 valence electrons. The van der Waals surface area contributed by atoms with Crippen molar-refractivity contribution in [2.75, 3.05) is 11.1 Å². The maximum atomic E-state index is 12.9. The number of aryl methyl sites for hydroxylation is 3. The minimum absolute atomic E-state index is 0.00549. The van der Waals surface area contributed by atoms with E-state index < -0.39 is 0 Å². The van der Waals surface area contributed by atoms with Gasteiger partial charge in [-0.2, -0.15) is 0 Å². The van der Waals surface area contributed by atoms with E-state index in [2.05, 4.69) is 22.8 Å². The van der Waals surface area contributed by atoms with E-state index in [1.54, 1.807) is 12.1 Å². The van der Waals surface area contributed by atoms with Crippen molar-refractivity contribution in [3.05, 3.63) is 64.5 Å². The molecule has 4 nitrogen and oxygen atoms in total. The Kier molecular flexibility index (Phi) is 8.70. The molecule has 0 aliphatic rings. The Labute approximate surface area is 176 Å². The lowest BCUT2D eigenvalue weighted by molar-refractivity contribution is -0.120. The molecule has 2 amide bonds. The highest BCUT2D eigenvalue weighted by Crippen LogP contribution is 2.22. The molecule has 0 bridgehead atoms. The standard InChI is InChI=1S/C23H29FN2O2S/c1-15-12-16(2)22(17(3)13-15)26-21(27)6-5-11-29-18(4)23(28)25-14-19-7-9-20(24)10-8-19/h7-10,12-13,18H,5-6,11,14H2,1-4H3,(H,25,28)(H,26,27). The Hall–Kier alpha value is -2.34. The number of hydrogen-bond acceptors (Lipinski definition) is 3. The highest BCUT2D eigenvalue weighted by atomic mass is 32.2. The number of carbonyl (C=O) groups is 2. The van der Waals surface area contributed by atoms with Crippen LogP contribution in [-0.2, 0) is 16.1 Å². The first-order valence-corrected chi connectivity index (χ1v) is 10.8. The van der Waals surface area contributed by atoms with Gasteiger partial charge in [-0.05, 0) is 68.7 Å². The maximum absolute atomic E-state index is 12.9. The zero-order chi connectivity index (χ0) is 21.4. The van der Waals surface area contributed by atoms with Crippen molar-refractivity contribution >= 4 is 29.3 Å². The first-order valence-electron chi connectivity index (χ1n) is 9.77. The third kappa shape index (κ3) is 7.54. The number of rotatable bonds is 9. The Morgan fingerprint density at radius 1 is 1.07 bits per heavy atom. The van der Waals surface area contributed by atoms with E-state index in [-0.39, 0.29) is 22.9 Å². The van der Waals surface area contributed by atoms with Crippen molar-refractivity contribution in [1.29, 1.82) is 0 Å². The van der Waals surface area contributed by atoms with Crippen LogP contribution in [0.3, 0.4) is 0 Å². The number of thioether (sulfide) groups is 1. The third-order valence-electron chi connectivity index (χ3n) is 4.61. The van der Waals surface area contributed by atoms with Crippen molar-refractivity contribution in [3.63, 3.8) is 0 Å². The van der Waals surface area contributed by atoms with Gasteiger partial charge in [0.25, 0.3) is 0 Å². The van der Waals surface area contributed by atoms with Gasteiger partial charge in [0.05, 0.1) is 5.25 Å². The summed E-state index contributed by atoms with van der Waals surface area (Å²) in [6, 6.07) is 10.2. The lowest BCUT2D eigenvalue weighted by Crippen LogP contribution is -2.30. The summed E-state index contributed by atoms with van der Waals surface area (Å²) in [7, 11) is 0. The molecular formula is C23H29FN2O2S. The number of amides is 2. The van der Waals surface area contributed by atoms with Gasteiger partial charge in [-0.15, -0.1) is 11.8 Å². The van der Waals surface area contributed by atoms with Gasteiger partial charge >= 0.3 is 0 Å². The smallest absolute Gasteiger partial charge is 0.233 e. The molecule has 0 fully saturated rings. The van der Waals surface area contributed by atoms with Crippen LogP contribution in [0.15, 0.2) is 36.4 Å². The number of nitrogens with one attached hydrogen (secondary N) is 2. The Balaban J connectivity index is 1.68. The Morgan fingerprint density at radius 3 is 2.31 bits per heavy atom. The highest BCUT2D eigenvalue weighted by Gasteiger charge is 2.13. The molecule has 0 heterocycles. The van der Waals surface area contributed by atoms with Crippen LogP contribution in [0.5, 0.6) is 0 Å². The molecule has 0 spiro atoms. The third-order valence-corrected chi connectivity index (χ3v) is 5.85. The van der Waals surface area contributed by atoms with Crippen LogP contribution in [0.1, 0.15) is 42.0 Å². The van der Waals surface area contributed by atoms with Gasteiger partial charge in [0.1, 0.15) is 5.82 Å². The van der Waals surface area contributed by atoms with E-state index in [0.717, 1.165) is 28.1 Å². The molecule has 29 heavy (non-hydrogen) atoms. The van der Waals surface area contributed by atoms with Crippen molar-refractivity contribution in [2.24, 2.45) is 0 Å². The van der Waals surface area contributed by atoms with E-state index in [4.69, 9.17) is 0 Å². The lowest BCUT2D eigenvalue weighted by atomic mass is 10.0. The van der Waals surface area contributed by atoms with Crippen LogP contribution >= 0.6 is 11.8 Å². The molecular weight excluding hydrogens is 387 g/mol.